The molecule has 6 heteroatoms. The molecule has 0 atom stereocenters. The summed E-state index contributed by atoms with van der Waals surface area (Å²) in [6.45, 7) is 4.21. The minimum Gasteiger partial charge on any atom is -0.746 e. The molecule has 0 bridgehead atoms. The molecular formula is C15H31NaO4S. The van der Waals surface area contributed by atoms with Gasteiger partial charge in [-0.05, 0) is 25.7 Å². The number of hydrogen-bond donors (Lipinski definition) is 1. The first-order valence-electron chi connectivity index (χ1n) is 8.05. The Bertz CT molecular complexity index is 317. The summed E-state index contributed by atoms with van der Waals surface area (Å²) in [5, 5.41) is 10.2. The van der Waals surface area contributed by atoms with Crippen LogP contribution in [0.4, 0.5) is 0 Å². The Kier molecular flexibility index (Phi) is 15.3. The van der Waals surface area contributed by atoms with E-state index in [0.29, 0.717) is 12.8 Å². The zero-order valence-corrected chi connectivity index (χ0v) is 16.9. The van der Waals surface area contributed by atoms with Crippen LogP contribution in [0, 0.1) is 0 Å². The smallest absolute Gasteiger partial charge is 0.746 e. The molecule has 0 aromatic carbocycles. The van der Waals surface area contributed by atoms with Crippen molar-refractivity contribution in [2.24, 2.45) is 0 Å². The van der Waals surface area contributed by atoms with E-state index in [0.717, 1.165) is 51.4 Å². The predicted octanol–water partition coefficient (Wildman–Crippen LogP) is 0.945. The van der Waals surface area contributed by atoms with E-state index in [-0.39, 0.29) is 42.4 Å². The van der Waals surface area contributed by atoms with Gasteiger partial charge in [-0.15, -0.1) is 0 Å². The monoisotopic (exact) mass is 330 g/mol. The van der Waals surface area contributed by atoms with Crippen LogP contribution in [0.3, 0.4) is 0 Å². The molecule has 0 heterocycles. The van der Waals surface area contributed by atoms with Gasteiger partial charge in [0.05, 0.1) is 0 Å². The van der Waals surface area contributed by atoms with Gasteiger partial charge in [-0.1, -0.05) is 65.2 Å². The van der Waals surface area contributed by atoms with Crippen LogP contribution in [0.2, 0.25) is 0 Å². The molecule has 0 radical (unpaired) electrons. The Labute approximate surface area is 153 Å². The van der Waals surface area contributed by atoms with Gasteiger partial charge in [-0.3, -0.25) is 0 Å². The molecular weight excluding hydrogens is 299 g/mol. The zero-order chi connectivity index (χ0) is 15.5. The summed E-state index contributed by atoms with van der Waals surface area (Å²) in [7, 11) is -4.64. The number of aliphatic hydroxyl groups is 1. The topological polar surface area (TPSA) is 77.4 Å². The fourth-order valence-corrected chi connectivity index (χ4v) is 3.17. The molecule has 0 fully saturated rings. The molecule has 0 spiro atoms. The Morgan fingerprint density at radius 3 is 1.43 bits per heavy atom. The van der Waals surface area contributed by atoms with Crippen LogP contribution in [0.1, 0.15) is 90.9 Å². The van der Waals surface area contributed by atoms with Crippen molar-refractivity contribution in [2.45, 2.75) is 95.8 Å². The van der Waals surface area contributed by atoms with E-state index in [4.69, 9.17) is 0 Å². The summed E-state index contributed by atoms with van der Waals surface area (Å²) in [6, 6.07) is 0. The van der Waals surface area contributed by atoms with Crippen molar-refractivity contribution in [3.8, 4) is 0 Å². The Hall–Kier alpha value is 0.870. The van der Waals surface area contributed by atoms with E-state index in [1.807, 2.05) is 0 Å². The van der Waals surface area contributed by atoms with Crippen LogP contribution in [0.5, 0.6) is 0 Å². The minimum atomic E-state index is -4.64. The van der Waals surface area contributed by atoms with Crippen LogP contribution in [0.15, 0.2) is 0 Å². The maximum Gasteiger partial charge on any atom is 1.00 e. The predicted molar refractivity (Wildman–Crippen MR) is 81.4 cm³/mol. The van der Waals surface area contributed by atoms with Gasteiger partial charge in [0.1, 0.15) is 10.1 Å². The molecule has 0 aromatic heterocycles. The molecule has 0 aliphatic carbocycles. The third-order valence-corrected chi connectivity index (χ3v) is 5.15. The molecule has 0 aliphatic rings. The van der Waals surface area contributed by atoms with Gasteiger partial charge >= 0.3 is 29.6 Å². The first-order valence-corrected chi connectivity index (χ1v) is 9.46. The van der Waals surface area contributed by atoms with Crippen LogP contribution >= 0.6 is 0 Å². The fourth-order valence-electron chi connectivity index (χ4n) is 2.38. The van der Waals surface area contributed by atoms with E-state index in [9.17, 15) is 18.1 Å². The fraction of sp³-hybridized carbons (Fsp3) is 1.00. The molecule has 0 rings (SSSR count). The normalized spacial score (nSPS) is 12.2. The average molecular weight is 330 g/mol. The van der Waals surface area contributed by atoms with Gasteiger partial charge in [0.25, 0.3) is 0 Å². The van der Waals surface area contributed by atoms with Crippen molar-refractivity contribution >= 4 is 10.1 Å². The molecule has 0 saturated carbocycles. The number of rotatable bonds is 13. The van der Waals surface area contributed by atoms with Crippen molar-refractivity contribution in [2.75, 3.05) is 0 Å². The molecule has 21 heavy (non-hydrogen) atoms. The maximum absolute atomic E-state index is 11.3. The summed E-state index contributed by atoms with van der Waals surface area (Å²) in [4.78, 5) is -2.05. The standard InChI is InChI=1S/C15H32O4S.Na/c1-3-5-7-9-11-13-15(16,20(17,18)19)14-12-10-8-6-4-2;/h16H,3-14H2,1-2H3,(H,17,18,19);/q;+1/p-1. The van der Waals surface area contributed by atoms with Crippen molar-refractivity contribution in [3.05, 3.63) is 0 Å². The van der Waals surface area contributed by atoms with Gasteiger partial charge in [0, 0.05) is 0 Å². The molecule has 0 amide bonds. The summed E-state index contributed by atoms with van der Waals surface area (Å²) >= 11 is 0. The second kappa shape index (κ2) is 13.3. The molecule has 0 unspecified atom stereocenters. The van der Waals surface area contributed by atoms with E-state index in [1.165, 1.54) is 0 Å². The zero-order valence-electron chi connectivity index (χ0n) is 14.1. The number of unbranched alkanes of at least 4 members (excludes halogenated alkanes) is 8. The van der Waals surface area contributed by atoms with E-state index < -0.39 is 15.1 Å². The van der Waals surface area contributed by atoms with Crippen molar-refractivity contribution in [3.63, 3.8) is 0 Å². The van der Waals surface area contributed by atoms with Gasteiger partial charge in [-0.25, -0.2) is 8.42 Å². The van der Waals surface area contributed by atoms with E-state index >= 15 is 0 Å². The minimum absolute atomic E-state index is 0. The van der Waals surface area contributed by atoms with Crippen LogP contribution in [-0.2, 0) is 10.1 Å². The largest absolute Gasteiger partial charge is 1.00 e. The summed E-state index contributed by atoms with van der Waals surface area (Å²) in [5.74, 6) is 0. The summed E-state index contributed by atoms with van der Waals surface area (Å²) in [5.41, 5.74) is 0. The van der Waals surface area contributed by atoms with Crippen LogP contribution in [0.25, 0.3) is 0 Å². The quantitative estimate of drug-likeness (QED) is 0.310. The molecule has 4 nitrogen and oxygen atoms in total. The molecule has 122 valence electrons. The van der Waals surface area contributed by atoms with Gasteiger partial charge in [0.15, 0.2) is 4.93 Å². The van der Waals surface area contributed by atoms with Gasteiger partial charge in [-0.2, -0.15) is 0 Å². The SMILES string of the molecule is CCCCCCCC(O)(CCCCCCC)S(=O)(=O)[O-].[Na+]. The second-order valence-corrected chi connectivity index (χ2v) is 7.40. The molecule has 1 N–H and O–H groups in total. The van der Waals surface area contributed by atoms with Crippen molar-refractivity contribution < 1.29 is 47.6 Å². The summed E-state index contributed by atoms with van der Waals surface area (Å²) < 4.78 is 33.9. The first kappa shape index (κ1) is 24.1. The van der Waals surface area contributed by atoms with Crippen molar-refractivity contribution in [1.29, 1.82) is 0 Å². The second-order valence-electron chi connectivity index (χ2n) is 5.73. The Morgan fingerprint density at radius 1 is 0.810 bits per heavy atom. The van der Waals surface area contributed by atoms with Crippen molar-refractivity contribution in [1.82, 2.24) is 0 Å². The average Bonchev–Trinajstić information content (AvgIpc) is 2.37. The Balaban J connectivity index is 0. The van der Waals surface area contributed by atoms with E-state index in [1.54, 1.807) is 0 Å². The summed E-state index contributed by atoms with van der Waals surface area (Å²) in [6.07, 6.45) is 9.63. The van der Waals surface area contributed by atoms with Crippen LogP contribution < -0.4 is 29.6 Å². The Morgan fingerprint density at radius 2 is 1.14 bits per heavy atom. The molecule has 0 saturated heterocycles. The molecule has 0 aromatic rings. The number of hydrogen-bond acceptors (Lipinski definition) is 4. The van der Waals surface area contributed by atoms with Gasteiger partial charge in [0.2, 0.25) is 0 Å². The maximum atomic E-state index is 11.3. The van der Waals surface area contributed by atoms with Crippen LogP contribution in [-0.4, -0.2) is 23.0 Å². The third kappa shape index (κ3) is 11.1. The molecule has 0 aliphatic heterocycles. The van der Waals surface area contributed by atoms with E-state index in [2.05, 4.69) is 13.8 Å². The third-order valence-electron chi connectivity index (χ3n) is 3.81. The first-order chi connectivity index (χ1) is 9.37. The van der Waals surface area contributed by atoms with Gasteiger partial charge < -0.3 is 9.66 Å².